The van der Waals surface area contributed by atoms with Crippen LogP contribution in [0.25, 0.3) is 10.4 Å². The highest BCUT2D eigenvalue weighted by molar-refractivity contribution is 7.18. The maximum absolute atomic E-state index is 12.9. The summed E-state index contributed by atoms with van der Waals surface area (Å²) in [6.45, 7) is 3.77. The molecule has 1 fully saturated rings. The fourth-order valence-electron chi connectivity index (χ4n) is 3.62. The van der Waals surface area contributed by atoms with Crippen LogP contribution in [0.3, 0.4) is 0 Å². The first-order valence-corrected chi connectivity index (χ1v) is 12.0. The zero-order valence-corrected chi connectivity index (χ0v) is 20.0. The molecule has 8 heteroatoms. The molecule has 0 unspecified atom stereocenters. The van der Waals surface area contributed by atoms with Gasteiger partial charge in [0.05, 0.1) is 12.1 Å². The zero-order valence-electron chi connectivity index (χ0n) is 17.7. The lowest BCUT2D eigenvalue weighted by atomic mass is 10.2. The van der Waals surface area contributed by atoms with Crippen molar-refractivity contribution in [1.82, 2.24) is 4.90 Å². The van der Waals surface area contributed by atoms with Crippen molar-refractivity contribution >= 4 is 46.1 Å². The number of methoxy groups -OCH3 is 1. The summed E-state index contributed by atoms with van der Waals surface area (Å²) in [5, 5.41) is 3.97. The van der Waals surface area contributed by atoms with Crippen LogP contribution in [0.1, 0.15) is 22.5 Å². The highest BCUT2D eigenvalue weighted by atomic mass is 35.5. The normalized spacial score (nSPS) is 13.8. The number of carbonyl (C=O) groups is 1. The highest BCUT2D eigenvalue weighted by Gasteiger charge is 2.17. The number of hydrogen-bond acceptors (Lipinski definition) is 5. The van der Waals surface area contributed by atoms with Gasteiger partial charge in [-0.2, -0.15) is 0 Å². The lowest BCUT2D eigenvalue weighted by Gasteiger charge is -2.16. The number of likely N-dealkylation sites (tertiary alicyclic amines) is 1. The van der Waals surface area contributed by atoms with Crippen molar-refractivity contribution in [2.45, 2.75) is 12.8 Å². The summed E-state index contributed by atoms with van der Waals surface area (Å²) in [6, 6.07) is 14.6. The number of nitrogens with one attached hydrogen (secondary N) is 1. The minimum absolute atomic E-state index is 0.273. The Morgan fingerprint density at radius 2 is 1.81 bits per heavy atom. The van der Waals surface area contributed by atoms with E-state index in [1.165, 1.54) is 24.2 Å². The molecule has 2 heterocycles. The zero-order chi connectivity index (χ0) is 22.5. The molecule has 5 nitrogen and oxygen atoms in total. The number of halogens is 2. The number of anilines is 1. The predicted molar refractivity (Wildman–Crippen MR) is 132 cm³/mol. The van der Waals surface area contributed by atoms with Crippen molar-refractivity contribution in [2.75, 3.05) is 38.7 Å². The maximum atomic E-state index is 12.9. The van der Waals surface area contributed by atoms with Crippen molar-refractivity contribution in [2.24, 2.45) is 0 Å². The molecule has 1 saturated heterocycles. The van der Waals surface area contributed by atoms with Crippen molar-refractivity contribution in [1.29, 1.82) is 0 Å². The molecule has 0 radical (unpaired) electrons. The molecule has 4 rings (SSSR count). The van der Waals surface area contributed by atoms with Crippen LogP contribution >= 0.6 is 34.5 Å². The van der Waals surface area contributed by atoms with Crippen LogP contribution in [0.4, 0.5) is 5.69 Å². The van der Waals surface area contributed by atoms with Crippen LogP contribution in [0.5, 0.6) is 11.5 Å². The topological polar surface area (TPSA) is 50.8 Å². The van der Waals surface area contributed by atoms with Gasteiger partial charge in [-0.05, 0) is 61.8 Å². The molecule has 0 aliphatic carbocycles. The lowest BCUT2D eigenvalue weighted by molar-refractivity contribution is 0.103. The number of ether oxygens (including phenoxy) is 2. The molecule has 3 aromatic rings. The van der Waals surface area contributed by atoms with E-state index < -0.39 is 0 Å². The molecule has 1 aliphatic heterocycles. The summed E-state index contributed by atoms with van der Waals surface area (Å²) < 4.78 is 11.4. The van der Waals surface area contributed by atoms with E-state index in [9.17, 15) is 4.79 Å². The summed E-state index contributed by atoms with van der Waals surface area (Å²) in [6.07, 6.45) is 2.51. The van der Waals surface area contributed by atoms with Gasteiger partial charge in [0.1, 0.15) is 11.5 Å². The number of hydrogen-bond donors (Lipinski definition) is 1. The first kappa shape index (κ1) is 22.9. The van der Waals surface area contributed by atoms with Crippen LogP contribution < -0.4 is 14.8 Å². The maximum Gasteiger partial charge on any atom is 0.267 e. The van der Waals surface area contributed by atoms with Gasteiger partial charge in [-0.3, -0.25) is 9.69 Å². The first-order chi connectivity index (χ1) is 15.5. The second-order valence-corrected chi connectivity index (χ2v) is 9.41. The molecule has 1 aliphatic rings. The van der Waals surface area contributed by atoms with Crippen molar-refractivity contribution in [3.05, 3.63) is 63.5 Å². The minimum atomic E-state index is -0.273. The Bertz CT molecular complexity index is 1080. The van der Waals surface area contributed by atoms with Gasteiger partial charge in [0.2, 0.25) is 0 Å². The van der Waals surface area contributed by atoms with Gasteiger partial charge in [-0.15, -0.1) is 11.3 Å². The molecule has 1 amide bonds. The van der Waals surface area contributed by atoms with Gasteiger partial charge < -0.3 is 14.8 Å². The van der Waals surface area contributed by atoms with E-state index in [-0.39, 0.29) is 5.91 Å². The average Bonchev–Trinajstić information content (AvgIpc) is 3.45. The van der Waals surface area contributed by atoms with E-state index in [4.69, 9.17) is 32.7 Å². The molecule has 1 aromatic heterocycles. The smallest absolute Gasteiger partial charge is 0.267 e. The third-order valence-electron chi connectivity index (χ3n) is 5.31. The van der Waals surface area contributed by atoms with Crippen molar-refractivity contribution < 1.29 is 14.3 Å². The van der Waals surface area contributed by atoms with Crippen LogP contribution in [-0.2, 0) is 0 Å². The Morgan fingerprint density at radius 1 is 1.06 bits per heavy atom. The van der Waals surface area contributed by atoms with Gasteiger partial charge in [0, 0.05) is 28.2 Å². The molecule has 32 heavy (non-hydrogen) atoms. The van der Waals surface area contributed by atoms with E-state index in [1.807, 2.05) is 30.3 Å². The quantitative estimate of drug-likeness (QED) is 0.393. The average molecular weight is 491 g/mol. The Labute approximate surface area is 201 Å². The van der Waals surface area contributed by atoms with Gasteiger partial charge >= 0.3 is 0 Å². The first-order valence-electron chi connectivity index (χ1n) is 10.4. The molecule has 0 spiro atoms. The molecule has 2 aromatic carbocycles. The monoisotopic (exact) mass is 490 g/mol. The Hall–Kier alpha value is -2.25. The van der Waals surface area contributed by atoms with E-state index in [2.05, 4.69) is 10.2 Å². The van der Waals surface area contributed by atoms with E-state index in [1.54, 1.807) is 25.3 Å². The van der Waals surface area contributed by atoms with Crippen LogP contribution in [0, 0.1) is 0 Å². The Balaban J connectivity index is 1.42. The van der Waals surface area contributed by atoms with Crippen LogP contribution in [-0.4, -0.2) is 44.2 Å². The molecule has 168 valence electrons. The second-order valence-electron chi connectivity index (χ2n) is 7.51. The SMILES string of the molecule is COc1cc(NC(=O)c2sc(-c3ccc(Cl)cc3)cc2Cl)ccc1OCCN1CCCC1. The molecular weight excluding hydrogens is 467 g/mol. The molecule has 1 N–H and O–H groups in total. The second kappa shape index (κ2) is 10.6. The molecular formula is C24H24Cl2N2O3S. The summed E-state index contributed by atoms with van der Waals surface area (Å²) in [5.74, 6) is 0.956. The number of nitrogens with zero attached hydrogens (tertiary/aromatic N) is 1. The molecule has 0 bridgehead atoms. The standard InChI is InChI=1S/C24H24Cl2N2O3S/c1-30-21-14-18(8-9-20(21)31-13-12-28-10-2-3-11-28)27-24(29)23-19(26)15-22(32-23)16-4-6-17(25)7-5-16/h4-9,14-15H,2-3,10-13H2,1H3,(H,27,29). The minimum Gasteiger partial charge on any atom is -0.493 e. The molecule has 0 saturated carbocycles. The van der Waals surface area contributed by atoms with Gasteiger partial charge in [0.25, 0.3) is 5.91 Å². The third kappa shape index (κ3) is 5.56. The van der Waals surface area contributed by atoms with Gasteiger partial charge in [-0.1, -0.05) is 35.3 Å². The van der Waals surface area contributed by atoms with E-state index in [0.717, 1.165) is 30.1 Å². The summed E-state index contributed by atoms with van der Waals surface area (Å²) in [7, 11) is 1.59. The fraction of sp³-hybridized carbons (Fsp3) is 0.292. The summed E-state index contributed by atoms with van der Waals surface area (Å²) in [4.78, 5) is 16.6. The number of thiophene rings is 1. The van der Waals surface area contributed by atoms with Crippen molar-refractivity contribution in [3.8, 4) is 21.9 Å². The van der Waals surface area contributed by atoms with Crippen molar-refractivity contribution in [3.63, 3.8) is 0 Å². The summed E-state index contributed by atoms with van der Waals surface area (Å²) >= 11 is 13.7. The van der Waals surface area contributed by atoms with Gasteiger partial charge in [-0.25, -0.2) is 0 Å². The highest BCUT2D eigenvalue weighted by Crippen LogP contribution is 2.36. The lowest BCUT2D eigenvalue weighted by Crippen LogP contribution is -2.25. The van der Waals surface area contributed by atoms with E-state index in [0.29, 0.717) is 38.7 Å². The van der Waals surface area contributed by atoms with Crippen LogP contribution in [0.2, 0.25) is 10.0 Å². The summed E-state index contributed by atoms with van der Waals surface area (Å²) in [5.41, 5.74) is 1.56. The number of rotatable bonds is 8. The van der Waals surface area contributed by atoms with Gasteiger partial charge in [0.15, 0.2) is 11.5 Å². The third-order valence-corrected chi connectivity index (χ3v) is 7.15. The fourth-order valence-corrected chi connectivity index (χ4v) is 5.08. The predicted octanol–water partition coefficient (Wildman–Crippen LogP) is 6.46. The Morgan fingerprint density at radius 3 is 2.53 bits per heavy atom. The van der Waals surface area contributed by atoms with Crippen LogP contribution in [0.15, 0.2) is 48.5 Å². The van der Waals surface area contributed by atoms with E-state index >= 15 is 0 Å². The number of carbonyl (C=O) groups excluding carboxylic acids is 1. The molecule has 0 atom stereocenters. The number of benzene rings is 2. The Kier molecular flexibility index (Phi) is 7.58. The largest absolute Gasteiger partial charge is 0.493 e. The number of amides is 1.